The predicted octanol–water partition coefficient (Wildman–Crippen LogP) is 2.78. The van der Waals surface area contributed by atoms with Gasteiger partial charge in [-0.25, -0.2) is 0 Å². The maximum Gasteiger partial charge on any atom is 0.251 e. The Labute approximate surface area is 132 Å². The zero-order chi connectivity index (χ0) is 15.1. The number of anilines is 1. The molecule has 110 valence electrons. The van der Waals surface area contributed by atoms with Crippen LogP contribution in [0, 0.1) is 0 Å². The second kappa shape index (κ2) is 7.81. The average Bonchev–Trinajstić information content (AvgIpc) is 2.51. The van der Waals surface area contributed by atoms with Gasteiger partial charge in [0.15, 0.2) is 0 Å². The largest absolute Gasteiger partial charge is 0.395 e. The first kappa shape index (κ1) is 15.5. The average molecular weight is 349 g/mol. The van der Waals surface area contributed by atoms with Gasteiger partial charge in [0.2, 0.25) is 0 Å². The first-order valence-electron chi connectivity index (χ1n) is 6.66. The van der Waals surface area contributed by atoms with Crippen LogP contribution in [0.25, 0.3) is 0 Å². The summed E-state index contributed by atoms with van der Waals surface area (Å²) in [5, 5.41) is 14.6. The van der Waals surface area contributed by atoms with Crippen LogP contribution in [0.3, 0.4) is 0 Å². The van der Waals surface area contributed by atoms with Crippen molar-refractivity contribution in [3.63, 3.8) is 0 Å². The predicted molar refractivity (Wildman–Crippen MR) is 87.3 cm³/mol. The summed E-state index contributed by atoms with van der Waals surface area (Å²) in [7, 11) is 0. The van der Waals surface area contributed by atoms with Crippen molar-refractivity contribution < 1.29 is 9.90 Å². The van der Waals surface area contributed by atoms with Crippen molar-refractivity contribution in [2.75, 3.05) is 18.5 Å². The molecule has 0 aliphatic rings. The molecule has 0 unspecified atom stereocenters. The van der Waals surface area contributed by atoms with E-state index in [0.29, 0.717) is 12.1 Å². The number of aliphatic hydroxyl groups excluding tert-OH is 1. The van der Waals surface area contributed by atoms with Crippen molar-refractivity contribution in [2.45, 2.75) is 6.54 Å². The van der Waals surface area contributed by atoms with Crippen molar-refractivity contribution in [1.82, 2.24) is 5.32 Å². The van der Waals surface area contributed by atoms with Crippen LogP contribution >= 0.6 is 15.9 Å². The van der Waals surface area contributed by atoms with Gasteiger partial charge in [-0.1, -0.05) is 34.1 Å². The lowest BCUT2D eigenvalue weighted by molar-refractivity contribution is 0.0945. The molecule has 0 aromatic heterocycles. The quantitative estimate of drug-likeness (QED) is 0.752. The van der Waals surface area contributed by atoms with Crippen LogP contribution in [-0.4, -0.2) is 24.2 Å². The second-order valence-electron chi connectivity index (χ2n) is 4.54. The number of carbonyl (C=O) groups excluding carboxylic acids is 1. The van der Waals surface area contributed by atoms with E-state index in [2.05, 4.69) is 26.6 Å². The molecule has 0 heterocycles. The summed E-state index contributed by atoms with van der Waals surface area (Å²) in [5.74, 6) is -0.185. The Kier molecular flexibility index (Phi) is 5.78. The molecule has 0 spiro atoms. The lowest BCUT2D eigenvalue weighted by Gasteiger charge is -2.09. The van der Waals surface area contributed by atoms with E-state index in [9.17, 15) is 4.79 Å². The van der Waals surface area contributed by atoms with Crippen molar-refractivity contribution >= 4 is 27.5 Å². The Bertz CT molecular complexity index is 617. The third-order valence-electron chi connectivity index (χ3n) is 2.91. The monoisotopic (exact) mass is 348 g/mol. The molecule has 0 saturated heterocycles. The van der Waals surface area contributed by atoms with E-state index in [4.69, 9.17) is 5.11 Å². The zero-order valence-electron chi connectivity index (χ0n) is 11.5. The van der Waals surface area contributed by atoms with Crippen LogP contribution < -0.4 is 10.6 Å². The molecule has 5 heteroatoms. The highest BCUT2D eigenvalue weighted by Crippen LogP contribution is 2.15. The van der Waals surface area contributed by atoms with Gasteiger partial charge in [-0.05, 0) is 35.9 Å². The highest BCUT2D eigenvalue weighted by atomic mass is 79.9. The molecule has 0 fully saturated rings. The standard InChI is InChI=1S/C16H17BrN2O2/c17-14-5-1-3-12(9-14)11-19-15-6-2-4-13(10-15)16(21)18-7-8-20/h1-6,9-10,19-20H,7-8,11H2,(H,18,21). The van der Waals surface area contributed by atoms with E-state index in [1.54, 1.807) is 12.1 Å². The molecule has 0 atom stereocenters. The fourth-order valence-corrected chi connectivity index (χ4v) is 2.34. The molecule has 0 radical (unpaired) electrons. The number of halogens is 1. The number of carbonyl (C=O) groups is 1. The highest BCUT2D eigenvalue weighted by molar-refractivity contribution is 9.10. The molecule has 0 aliphatic heterocycles. The number of amides is 1. The molecule has 0 aliphatic carbocycles. The van der Waals surface area contributed by atoms with Crippen LogP contribution in [0.4, 0.5) is 5.69 Å². The molecular weight excluding hydrogens is 332 g/mol. The summed E-state index contributed by atoms with van der Waals surface area (Å²) >= 11 is 3.44. The third-order valence-corrected chi connectivity index (χ3v) is 3.40. The molecule has 1 amide bonds. The van der Waals surface area contributed by atoms with Gasteiger partial charge in [-0.3, -0.25) is 4.79 Å². The summed E-state index contributed by atoms with van der Waals surface area (Å²) in [5.41, 5.74) is 2.61. The number of hydrogen-bond acceptors (Lipinski definition) is 3. The molecule has 0 saturated carbocycles. The first-order chi connectivity index (χ1) is 10.2. The van der Waals surface area contributed by atoms with E-state index in [1.807, 2.05) is 36.4 Å². The van der Waals surface area contributed by atoms with E-state index in [1.165, 1.54) is 0 Å². The Hall–Kier alpha value is -1.85. The fraction of sp³-hybridized carbons (Fsp3) is 0.188. The number of aliphatic hydroxyl groups is 1. The molecule has 2 rings (SSSR count). The summed E-state index contributed by atoms with van der Waals surface area (Å²) in [6.07, 6.45) is 0. The Balaban J connectivity index is 1.99. The first-order valence-corrected chi connectivity index (χ1v) is 7.46. The van der Waals surface area contributed by atoms with Gasteiger partial charge in [-0.15, -0.1) is 0 Å². The number of hydrogen-bond donors (Lipinski definition) is 3. The minimum atomic E-state index is -0.185. The maximum atomic E-state index is 11.8. The lowest BCUT2D eigenvalue weighted by atomic mass is 10.1. The Morgan fingerprint density at radius 1 is 1.14 bits per heavy atom. The molecule has 2 aromatic carbocycles. The van der Waals surface area contributed by atoms with E-state index >= 15 is 0 Å². The van der Waals surface area contributed by atoms with Crippen LogP contribution in [0.15, 0.2) is 53.0 Å². The zero-order valence-corrected chi connectivity index (χ0v) is 13.1. The summed E-state index contributed by atoms with van der Waals surface area (Å²) < 4.78 is 1.04. The Morgan fingerprint density at radius 3 is 2.71 bits per heavy atom. The van der Waals surface area contributed by atoms with Crippen molar-refractivity contribution in [3.8, 4) is 0 Å². The van der Waals surface area contributed by atoms with Gasteiger partial charge in [0.05, 0.1) is 6.61 Å². The minimum absolute atomic E-state index is 0.0629. The van der Waals surface area contributed by atoms with Gasteiger partial charge >= 0.3 is 0 Å². The van der Waals surface area contributed by atoms with Gasteiger partial charge < -0.3 is 15.7 Å². The van der Waals surface area contributed by atoms with E-state index in [-0.39, 0.29) is 19.1 Å². The summed E-state index contributed by atoms with van der Waals surface area (Å²) in [6.45, 7) is 0.877. The van der Waals surface area contributed by atoms with E-state index in [0.717, 1.165) is 15.7 Å². The molecule has 0 bridgehead atoms. The molecular formula is C16H17BrN2O2. The highest BCUT2D eigenvalue weighted by Gasteiger charge is 2.05. The Morgan fingerprint density at radius 2 is 1.95 bits per heavy atom. The number of benzene rings is 2. The van der Waals surface area contributed by atoms with Crippen LogP contribution in [-0.2, 0) is 6.54 Å². The van der Waals surface area contributed by atoms with Crippen LogP contribution in [0.5, 0.6) is 0 Å². The lowest BCUT2D eigenvalue weighted by Crippen LogP contribution is -2.26. The summed E-state index contributed by atoms with van der Waals surface area (Å²) in [4.78, 5) is 11.8. The number of nitrogens with one attached hydrogen (secondary N) is 2. The van der Waals surface area contributed by atoms with Crippen molar-refractivity contribution in [1.29, 1.82) is 0 Å². The SMILES string of the molecule is O=C(NCCO)c1cccc(NCc2cccc(Br)c2)c1. The number of rotatable bonds is 6. The van der Waals surface area contributed by atoms with Gasteiger partial charge in [0, 0.05) is 28.8 Å². The van der Waals surface area contributed by atoms with E-state index < -0.39 is 0 Å². The smallest absolute Gasteiger partial charge is 0.251 e. The third kappa shape index (κ3) is 4.88. The minimum Gasteiger partial charge on any atom is -0.395 e. The van der Waals surface area contributed by atoms with Crippen molar-refractivity contribution in [2.24, 2.45) is 0 Å². The van der Waals surface area contributed by atoms with Crippen molar-refractivity contribution in [3.05, 3.63) is 64.1 Å². The van der Waals surface area contributed by atoms with Crippen LogP contribution in [0.1, 0.15) is 15.9 Å². The molecule has 2 aromatic rings. The van der Waals surface area contributed by atoms with Gasteiger partial charge in [0.25, 0.3) is 5.91 Å². The normalized spacial score (nSPS) is 10.2. The topological polar surface area (TPSA) is 61.4 Å². The molecule has 21 heavy (non-hydrogen) atoms. The summed E-state index contributed by atoms with van der Waals surface area (Å²) in [6, 6.07) is 15.3. The maximum absolute atomic E-state index is 11.8. The van der Waals surface area contributed by atoms with Gasteiger partial charge in [0.1, 0.15) is 0 Å². The second-order valence-corrected chi connectivity index (χ2v) is 5.46. The molecule has 4 nitrogen and oxygen atoms in total. The van der Waals surface area contributed by atoms with Crippen LogP contribution in [0.2, 0.25) is 0 Å². The fourth-order valence-electron chi connectivity index (χ4n) is 1.89. The van der Waals surface area contributed by atoms with Gasteiger partial charge in [-0.2, -0.15) is 0 Å². The molecule has 3 N–H and O–H groups in total.